The predicted molar refractivity (Wildman–Crippen MR) is 119 cm³/mol. The van der Waals surface area contributed by atoms with E-state index in [2.05, 4.69) is 10.5 Å². The highest BCUT2D eigenvalue weighted by atomic mass is 16.5. The zero-order valence-electron chi connectivity index (χ0n) is 17.6. The first-order valence-corrected chi connectivity index (χ1v) is 9.55. The summed E-state index contributed by atoms with van der Waals surface area (Å²) in [7, 11) is 4.61. The molecule has 0 unspecified atom stereocenters. The summed E-state index contributed by atoms with van der Waals surface area (Å²) in [5, 5.41) is 4.00. The molecule has 0 saturated carbocycles. The van der Waals surface area contributed by atoms with Gasteiger partial charge in [0.05, 0.1) is 33.1 Å². The van der Waals surface area contributed by atoms with Gasteiger partial charge in [0, 0.05) is 17.7 Å². The van der Waals surface area contributed by atoms with Crippen LogP contribution in [0.4, 0.5) is 0 Å². The monoisotopic (exact) mass is 420 g/mol. The van der Waals surface area contributed by atoms with Gasteiger partial charge in [0.15, 0.2) is 6.61 Å². The fraction of sp³-hybridized carbons (Fsp3) is 0.167. The highest BCUT2D eigenvalue weighted by molar-refractivity contribution is 5.89. The van der Waals surface area contributed by atoms with Crippen LogP contribution in [0, 0.1) is 0 Å². The first-order chi connectivity index (χ1) is 15.2. The largest absolute Gasteiger partial charge is 0.496 e. The number of rotatable bonds is 9. The van der Waals surface area contributed by atoms with E-state index in [1.165, 1.54) is 20.4 Å². The van der Waals surface area contributed by atoms with Crippen molar-refractivity contribution in [3.63, 3.8) is 0 Å². The molecule has 0 heterocycles. The van der Waals surface area contributed by atoms with E-state index in [0.29, 0.717) is 28.6 Å². The number of para-hydroxylation sites is 1. The molecule has 0 atom stereocenters. The van der Waals surface area contributed by atoms with Gasteiger partial charge in [-0.05, 0) is 11.6 Å². The third-order valence-corrected chi connectivity index (χ3v) is 4.47. The van der Waals surface area contributed by atoms with Crippen LogP contribution in [0.5, 0.6) is 23.0 Å². The third kappa shape index (κ3) is 5.54. The zero-order chi connectivity index (χ0) is 22.1. The summed E-state index contributed by atoms with van der Waals surface area (Å²) in [6.45, 7) is -0.182. The number of ether oxygens (including phenoxy) is 4. The minimum absolute atomic E-state index is 0.182. The van der Waals surface area contributed by atoms with Gasteiger partial charge < -0.3 is 18.9 Å². The number of hydrogen-bond donors (Lipinski definition) is 1. The number of amides is 1. The number of hydrazone groups is 1. The van der Waals surface area contributed by atoms with Crippen molar-refractivity contribution >= 4 is 12.1 Å². The maximum atomic E-state index is 12.2. The van der Waals surface area contributed by atoms with E-state index in [1.54, 1.807) is 19.2 Å². The van der Waals surface area contributed by atoms with Gasteiger partial charge in [-0.2, -0.15) is 5.10 Å². The van der Waals surface area contributed by atoms with Gasteiger partial charge in [-0.25, -0.2) is 5.43 Å². The van der Waals surface area contributed by atoms with E-state index in [1.807, 2.05) is 54.6 Å². The molecule has 0 aliphatic rings. The quantitative estimate of drug-likeness (QED) is 0.420. The van der Waals surface area contributed by atoms with E-state index >= 15 is 0 Å². The number of benzene rings is 3. The summed E-state index contributed by atoms with van der Waals surface area (Å²) in [5.41, 5.74) is 4.94. The van der Waals surface area contributed by atoms with E-state index in [0.717, 1.165) is 11.1 Å². The summed E-state index contributed by atoms with van der Waals surface area (Å²) in [6.07, 6.45) is 1.45. The average molecular weight is 420 g/mol. The Kier molecular flexibility index (Phi) is 7.48. The molecule has 7 heteroatoms. The van der Waals surface area contributed by atoms with Crippen LogP contribution in [0.3, 0.4) is 0 Å². The van der Waals surface area contributed by atoms with E-state index in [-0.39, 0.29) is 6.61 Å². The molecule has 0 aliphatic heterocycles. The Labute approximate surface area is 181 Å². The van der Waals surface area contributed by atoms with Gasteiger partial charge in [-0.3, -0.25) is 4.79 Å². The van der Waals surface area contributed by atoms with Crippen molar-refractivity contribution < 1.29 is 23.7 Å². The van der Waals surface area contributed by atoms with Crippen molar-refractivity contribution in [1.29, 1.82) is 0 Å². The molecule has 31 heavy (non-hydrogen) atoms. The first-order valence-electron chi connectivity index (χ1n) is 9.55. The molecule has 0 bridgehead atoms. The van der Waals surface area contributed by atoms with Crippen molar-refractivity contribution in [2.24, 2.45) is 5.10 Å². The zero-order valence-corrected chi connectivity index (χ0v) is 17.6. The van der Waals surface area contributed by atoms with Crippen LogP contribution in [0.25, 0.3) is 11.1 Å². The molecule has 0 saturated heterocycles. The lowest BCUT2D eigenvalue weighted by Gasteiger charge is -2.12. The number of carbonyl (C=O) groups excluding carboxylic acids is 1. The summed E-state index contributed by atoms with van der Waals surface area (Å²) in [5.74, 6) is 1.81. The van der Waals surface area contributed by atoms with Crippen LogP contribution < -0.4 is 24.4 Å². The fourth-order valence-corrected chi connectivity index (χ4v) is 2.95. The fourth-order valence-electron chi connectivity index (χ4n) is 2.95. The molecule has 1 N–H and O–H groups in total. The van der Waals surface area contributed by atoms with Gasteiger partial charge in [-0.1, -0.05) is 48.5 Å². The minimum atomic E-state index is -0.398. The van der Waals surface area contributed by atoms with E-state index in [4.69, 9.17) is 18.9 Å². The van der Waals surface area contributed by atoms with Crippen molar-refractivity contribution in [2.45, 2.75) is 0 Å². The second kappa shape index (κ2) is 10.7. The molecule has 0 aliphatic carbocycles. The first kappa shape index (κ1) is 21.7. The van der Waals surface area contributed by atoms with Gasteiger partial charge in [0.2, 0.25) is 0 Å². The van der Waals surface area contributed by atoms with Gasteiger partial charge in [0.25, 0.3) is 5.91 Å². The molecule has 0 spiro atoms. The summed E-state index contributed by atoms with van der Waals surface area (Å²) in [4.78, 5) is 12.2. The Morgan fingerprint density at radius 3 is 2.16 bits per heavy atom. The van der Waals surface area contributed by atoms with Crippen molar-refractivity contribution in [1.82, 2.24) is 5.43 Å². The van der Waals surface area contributed by atoms with Crippen molar-refractivity contribution in [3.05, 3.63) is 72.3 Å². The molecule has 160 valence electrons. The Bertz CT molecular complexity index is 1030. The van der Waals surface area contributed by atoms with Crippen LogP contribution in [-0.4, -0.2) is 40.1 Å². The lowest BCUT2D eigenvalue weighted by Crippen LogP contribution is -2.24. The van der Waals surface area contributed by atoms with Crippen LogP contribution in [0.2, 0.25) is 0 Å². The molecule has 7 nitrogen and oxygen atoms in total. The number of nitrogens with one attached hydrogen (secondary N) is 1. The standard InChI is InChI=1S/C24H24N2O5/c1-28-18-13-22(29-2)20(23(14-18)30-3)15-25-26-24(27)16-31-21-12-8-7-11-19(21)17-9-5-4-6-10-17/h4-15H,16H2,1-3H3,(H,26,27)/b25-15+. The van der Waals surface area contributed by atoms with Crippen LogP contribution in [-0.2, 0) is 4.79 Å². The number of nitrogens with zero attached hydrogens (tertiary/aromatic N) is 1. The topological polar surface area (TPSA) is 78.4 Å². The Morgan fingerprint density at radius 2 is 1.52 bits per heavy atom. The van der Waals surface area contributed by atoms with E-state index < -0.39 is 5.91 Å². The molecule has 0 aromatic heterocycles. The SMILES string of the molecule is COc1cc(OC)c(/C=N/NC(=O)COc2ccccc2-c2ccccc2)c(OC)c1. The molecule has 3 aromatic carbocycles. The molecular formula is C24H24N2O5. The second-order valence-electron chi connectivity index (χ2n) is 6.39. The maximum Gasteiger partial charge on any atom is 0.277 e. The Morgan fingerprint density at radius 1 is 0.871 bits per heavy atom. The maximum absolute atomic E-state index is 12.2. The number of methoxy groups -OCH3 is 3. The van der Waals surface area contributed by atoms with Gasteiger partial charge in [0.1, 0.15) is 23.0 Å². The van der Waals surface area contributed by atoms with E-state index in [9.17, 15) is 4.79 Å². The second-order valence-corrected chi connectivity index (χ2v) is 6.39. The average Bonchev–Trinajstić information content (AvgIpc) is 2.83. The summed E-state index contributed by atoms with van der Waals surface area (Å²) < 4.78 is 21.7. The van der Waals surface area contributed by atoms with Crippen molar-refractivity contribution in [2.75, 3.05) is 27.9 Å². The van der Waals surface area contributed by atoms with Crippen molar-refractivity contribution in [3.8, 4) is 34.1 Å². The summed E-state index contributed by atoms with van der Waals surface area (Å²) in [6, 6.07) is 20.8. The number of hydrogen-bond acceptors (Lipinski definition) is 6. The predicted octanol–water partition coefficient (Wildman–Crippen LogP) is 3.91. The summed E-state index contributed by atoms with van der Waals surface area (Å²) >= 11 is 0. The highest BCUT2D eigenvalue weighted by Gasteiger charge is 2.12. The molecule has 0 fully saturated rings. The van der Waals surface area contributed by atoms with Crippen LogP contribution >= 0.6 is 0 Å². The Hall–Kier alpha value is -4.00. The molecule has 1 amide bonds. The molecule has 3 aromatic rings. The lowest BCUT2D eigenvalue weighted by atomic mass is 10.1. The smallest absolute Gasteiger partial charge is 0.277 e. The Balaban J connectivity index is 1.65. The molecule has 3 rings (SSSR count). The minimum Gasteiger partial charge on any atom is -0.496 e. The van der Waals surface area contributed by atoms with Crippen LogP contribution in [0.1, 0.15) is 5.56 Å². The van der Waals surface area contributed by atoms with Gasteiger partial charge >= 0.3 is 0 Å². The highest BCUT2D eigenvalue weighted by Crippen LogP contribution is 2.32. The lowest BCUT2D eigenvalue weighted by molar-refractivity contribution is -0.123. The van der Waals surface area contributed by atoms with Gasteiger partial charge in [-0.15, -0.1) is 0 Å². The number of carbonyl (C=O) groups is 1. The normalized spacial score (nSPS) is 10.5. The molecule has 0 radical (unpaired) electrons. The van der Waals surface area contributed by atoms with Crippen LogP contribution in [0.15, 0.2) is 71.8 Å². The third-order valence-electron chi connectivity index (χ3n) is 4.47. The molecular weight excluding hydrogens is 396 g/mol.